The summed E-state index contributed by atoms with van der Waals surface area (Å²) in [5.41, 5.74) is 2.38. The molecule has 0 bridgehead atoms. The summed E-state index contributed by atoms with van der Waals surface area (Å²) in [6.07, 6.45) is 1.61. The summed E-state index contributed by atoms with van der Waals surface area (Å²) < 4.78 is 5.22. The van der Waals surface area contributed by atoms with Gasteiger partial charge in [0.05, 0.1) is 12.8 Å². The van der Waals surface area contributed by atoms with Gasteiger partial charge in [-0.25, -0.2) is 0 Å². The van der Waals surface area contributed by atoms with E-state index in [1.165, 1.54) is 0 Å². The molecule has 1 aromatic heterocycles. The van der Waals surface area contributed by atoms with E-state index in [1.54, 1.807) is 24.1 Å². The molecule has 1 aliphatic rings. The van der Waals surface area contributed by atoms with Gasteiger partial charge >= 0.3 is 0 Å². The predicted molar refractivity (Wildman–Crippen MR) is 145 cm³/mol. The summed E-state index contributed by atoms with van der Waals surface area (Å²) in [6.45, 7) is 6.79. The number of carbonyl (C=O) groups is 2. The van der Waals surface area contributed by atoms with E-state index in [0.717, 1.165) is 42.2 Å². The van der Waals surface area contributed by atoms with Crippen molar-refractivity contribution in [1.29, 1.82) is 0 Å². The van der Waals surface area contributed by atoms with Crippen LogP contribution < -0.4 is 9.64 Å². The molecule has 1 fully saturated rings. The van der Waals surface area contributed by atoms with E-state index in [1.807, 2.05) is 73.3 Å². The van der Waals surface area contributed by atoms with Crippen molar-refractivity contribution in [3.05, 3.63) is 72.3 Å². The highest BCUT2D eigenvalue weighted by Gasteiger charge is 2.27. The van der Waals surface area contributed by atoms with Crippen LogP contribution in [-0.4, -0.2) is 77.7 Å². The number of hydrogen-bond donors (Lipinski definition) is 0. The maximum atomic E-state index is 13.3. The zero-order valence-corrected chi connectivity index (χ0v) is 21.8. The van der Waals surface area contributed by atoms with Gasteiger partial charge in [0, 0.05) is 43.3 Å². The van der Waals surface area contributed by atoms with Gasteiger partial charge in [0.2, 0.25) is 5.91 Å². The summed E-state index contributed by atoms with van der Waals surface area (Å²) >= 11 is 0. The first-order valence-electron chi connectivity index (χ1n) is 12.9. The van der Waals surface area contributed by atoms with Crippen LogP contribution in [0.3, 0.4) is 0 Å². The lowest BCUT2D eigenvalue weighted by Crippen LogP contribution is -2.47. The molecule has 0 radical (unpaired) electrons. The molecule has 1 unspecified atom stereocenters. The third-order valence-corrected chi connectivity index (χ3v) is 6.92. The summed E-state index contributed by atoms with van der Waals surface area (Å²) in [4.78, 5) is 32.2. The molecule has 0 spiro atoms. The molecule has 37 heavy (non-hydrogen) atoms. The van der Waals surface area contributed by atoms with Crippen LogP contribution in [0.15, 0.2) is 66.7 Å². The lowest BCUT2D eigenvalue weighted by Gasteiger charge is -2.31. The van der Waals surface area contributed by atoms with Crippen molar-refractivity contribution in [2.45, 2.75) is 32.7 Å². The molecule has 0 N–H and O–H groups in total. The Morgan fingerprint density at radius 2 is 1.70 bits per heavy atom. The van der Waals surface area contributed by atoms with Crippen molar-refractivity contribution in [3.63, 3.8) is 0 Å². The molecule has 4 rings (SSSR count). The van der Waals surface area contributed by atoms with Gasteiger partial charge in [-0.1, -0.05) is 25.1 Å². The predicted octanol–water partition coefficient (Wildman–Crippen LogP) is 4.13. The second-order valence-corrected chi connectivity index (χ2v) is 9.28. The molecule has 1 saturated heterocycles. The van der Waals surface area contributed by atoms with E-state index in [-0.39, 0.29) is 24.4 Å². The topological polar surface area (TPSA) is 78.9 Å². The summed E-state index contributed by atoms with van der Waals surface area (Å²) in [6, 6.07) is 20.8. The quantitative estimate of drug-likeness (QED) is 0.462. The fraction of sp³-hybridized carbons (Fsp3) is 0.379. The van der Waals surface area contributed by atoms with Gasteiger partial charge in [-0.05, 0) is 68.3 Å². The second kappa shape index (κ2) is 12.3. The van der Waals surface area contributed by atoms with Gasteiger partial charge in [0.15, 0.2) is 5.82 Å². The number of benzene rings is 2. The Morgan fingerprint density at radius 3 is 2.35 bits per heavy atom. The molecule has 1 atom stereocenters. The highest BCUT2D eigenvalue weighted by Crippen LogP contribution is 2.22. The van der Waals surface area contributed by atoms with Gasteiger partial charge in [0.1, 0.15) is 12.3 Å². The number of carbonyl (C=O) groups excluding carboxylic acids is 2. The molecular weight excluding hydrogens is 466 g/mol. The molecule has 194 valence electrons. The van der Waals surface area contributed by atoms with Crippen molar-refractivity contribution in [1.82, 2.24) is 20.0 Å². The lowest BCUT2D eigenvalue weighted by atomic mass is 10.1. The molecule has 8 nitrogen and oxygen atoms in total. The van der Waals surface area contributed by atoms with Crippen molar-refractivity contribution in [2.75, 3.05) is 44.7 Å². The SMILES string of the molecule is CCC(C)N(CC(=O)N1CCCN(c2ccc(-c3ccc(OC)cc3)nn2)CC1)C(=O)c1ccccc1. The summed E-state index contributed by atoms with van der Waals surface area (Å²) in [7, 11) is 1.64. The number of aromatic nitrogens is 2. The molecule has 2 amide bonds. The molecule has 0 saturated carbocycles. The van der Waals surface area contributed by atoms with Crippen LogP contribution >= 0.6 is 0 Å². The molecule has 1 aliphatic heterocycles. The normalized spacial score (nSPS) is 14.6. The Morgan fingerprint density at radius 1 is 0.946 bits per heavy atom. The van der Waals surface area contributed by atoms with Crippen LogP contribution in [0.2, 0.25) is 0 Å². The van der Waals surface area contributed by atoms with E-state index in [9.17, 15) is 9.59 Å². The minimum Gasteiger partial charge on any atom is -0.497 e. The second-order valence-electron chi connectivity index (χ2n) is 9.28. The maximum Gasteiger partial charge on any atom is 0.254 e. The highest BCUT2D eigenvalue weighted by atomic mass is 16.5. The number of hydrogen-bond acceptors (Lipinski definition) is 6. The highest BCUT2D eigenvalue weighted by molar-refractivity contribution is 5.96. The molecular formula is C29H35N5O3. The molecule has 3 aromatic rings. The smallest absolute Gasteiger partial charge is 0.254 e. The first kappa shape index (κ1) is 26.1. The minimum atomic E-state index is -0.105. The van der Waals surface area contributed by atoms with E-state index >= 15 is 0 Å². The largest absolute Gasteiger partial charge is 0.497 e. The van der Waals surface area contributed by atoms with Crippen LogP contribution in [0.1, 0.15) is 37.0 Å². The minimum absolute atomic E-state index is 0.0210. The average molecular weight is 502 g/mol. The van der Waals surface area contributed by atoms with Gasteiger partial charge < -0.3 is 19.4 Å². The van der Waals surface area contributed by atoms with Crippen LogP contribution in [0.25, 0.3) is 11.3 Å². The summed E-state index contributed by atoms with van der Waals surface area (Å²) in [5.74, 6) is 1.47. The first-order valence-corrected chi connectivity index (χ1v) is 12.9. The number of methoxy groups -OCH3 is 1. The third-order valence-electron chi connectivity index (χ3n) is 6.92. The Labute approximate surface area is 218 Å². The summed E-state index contributed by atoms with van der Waals surface area (Å²) in [5, 5.41) is 8.88. The third kappa shape index (κ3) is 6.44. The van der Waals surface area contributed by atoms with Crippen molar-refractivity contribution < 1.29 is 14.3 Å². The number of anilines is 1. The average Bonchev–Trinajstić information content (AvgIpc) is 3.22. The van der Waals surface area contributed by atoms with Gasteiger partial charge in [-0.3, -0.25) is 9.59 Å². The Bertz CT molecular complexity index is 1170. The monoisotopic (exact) mass is 501 g/mol. The van der Waals surface area contributed by atoms with Gasteiger partial charge in [-0.15, -0.1) is 10.2 Å². The van der Waals surface area contributed by atoms with E-state index < -0.39 is 0 Å². The first-order chi connectivity index (χ1) is 18.0. The van der Waals surface area contributed by atoms with Crippen molar-refractivity contribution >= 4 is 17.6 Å². The van der Waals surface area contributed by atoms with Gasteiger partial charge in [0.25, 0.3) is 5.91 Å². The fourth-order valence-corrected chi connectivity index (χ4v) is 4.45. The van der Waals surface area contributed by atoms with E-state index in [2.05, 4.69) is 15.1 Å². The fourth-order valence-electron chi connectivity index (χ4n) is 4.45. The standard InChI is InChI=1S/C29H35N5O3/c1-4-22(2)34(29(36)24-9-6-5-7-10-24)21-28(35)33-18-8-17-32(19-20-33)27-16-15-26(30-31-27)23-11-13-25(37-3)14-12-23/h5-7,9-16,22H,4,8,17-21H2,1-3H3. The van der Waals surface area contributed by atoms with Crippen LogP contribution in [0, 0.1) is 0 Å². The zero-order chi connectivity index (χ0) is 26.2. The van der Waals surface area contributed by atoms with Crippen LogP contribution in [0.5, 0.6) is 5.75 Å². The Kier molecular flexibility index (Phi) is 8.72. The van der Waals surface area contributed by atoms with Crippen molar-refractivity contribution in [3.8, 4) is 17.0 Å². The number of rotatable bonds is 8. The molecule has 8 heteroatoms. The Hall–Kier alpha value is -3.94. The van der Waals surface area contributed by atoms with E-state index in [4.69, 9.17) is 4.74 Å². The van der Waals surface area contributed by atoms with E-state index in [0.29, 0.717) is 25.2 Å². The van der Waals surface area contributed by atoms with Crippen molar-refractivity contribution in [2.24, 2.45) is 0 Å². The number of ether oxygens (including phenoxy) is 1. The van der Waals surface area contributed by atoms with Crippen LogP contribution in [0.4, 0.5) is 5.82 Å². The number of nitrogens with zero attached hydrogens (tertiary/aromatic N) is 5. The number of amides is 2. The zero-order valence-electron chi connectivity index (χ0n) is 21.8. The molecule has 2 heterocycles. The molecule has 2 aromatic carbocycles. The molecule has 0 aliphatic carbocycles. The maximum absolute atomic E-state index is 13.3. The van der Waals surface area contributed by atoms with Gasteiger partial charge in [-0.2, -0.15) is 0 Å². The lowest BCUT2D eigenvalue weighted by molar-refractivity contribution is -0.132. The van der Waals surface area contributed by atoms with Crippen LogP contribution in [-0.2, 0) is 4.79 Å². The Balaban J connectivity index is 1.38.